The highest BCUT2D eigenvalue weighted by molar-refractivity contribution is 6.39. The molecule has 3 N–H and O–H groups in total. The molecule has 220 valence electrons. The third-order valence-corrected chi connectivity index (χ3v) is 6.77. The van der Waals surface area contributed by atoms with Crippen LogP contribution in [0.1, 0.15) is 22.8 Å². The monoisotopic (exact) mass is 623 g/mol. The molecule has 0 aliphatic carbocycles. The Hall–Kier alpha value is -4.29. The number of halogens is 6. The van der Waals surface area contributed by atoms with Crippen molar-refractivity contribution in [2.45, 2.75) is 19.9 Å². The molecular formula is C28H23Cl2F4N5O3. The summed E-state index contributed by atoms with van der Waals surface area (Å²) >= 11 is 13.0. The fraction of sp³-hybridized carbons (Fsp3) is 0.179. The van der Waals surface area contributed by atoms with Gasteiger partial charge in [-0.3, -0.25) is 9.59 Å². The highest BCUT2D eigenvalue weighted by Gasteiger charge is 2.22. The molecule has 0 atom stereocenters. The highest BCUT2D eigenvalue weighted by atomic mass is 35.5. The van der Waals surface area contributed by atoms with Gasteiger partial charge in [-0.15, -0.1) is 0 Å². The number of carbonyl (C=O) groups excluding carboxylic acids is 2. The smallest absolute Gasteiger partial charge is 0.272 e. The van der Waals surface area contributed by atoms with Gasteiger partial charge in [0, 0.05) is 25.2 Å². The van der Waals surface area contributed by atoms with Crippen molar-refractivity contribution < 1.29 is 31.9 Å². The van der Waals surface area contributed by atoms with Crippen LogP contribution in [0.25, 0.3) is 11.0 Å². The summed E-state index contributed by atoms with van der Waals surface area (Å²) in [5.41, 5.74) is 0.686. The molecule has 8 nitrogen and oxygen atoms in total. The van der Waals surface area contributed by atoms with Gasteiger partial charge in [-0.1, -0.05) is 41.9 Å². The Morgan fingerprint density at radius 1 is 1.10 bits per heavy atom. The van der Waals surface area contributed by atoms with Gasteiger partial charge in [-0.05, 0) is 36.8 Å². The number of imidazole rings is 1. The average molecular weight is 624 g/mol. The number of alkyl halides is 2. The van der Waals surface area contributed by atoms with E-state index in [9.17, 15) is 27.2 Å². The van der Waals surface area contributed by atoms with Crippen molar-refractivity contribution in [1.29, 1.82) is 0 Å². The molecule has 0 spiro atoms. The molecule has 14 heteroatoms. The molecule has 0 unspecified atom stereocenters. The second-order valence-corrected chi connectivity index (χ2v) is 9.85. The molecule has 0 bridgehead atoms. The minimum absolute atomic E-state index is 0.0881. The van der Waals surface area contributed by atoms with E-state index in [0.29, 0.717) is 16.7 Å². The Morgan fingerprint density at radius 2 is 1.79 bits per heavy atom. The number of nitrogens with one attached hydrogen (secondary N) is 3. The zero-order valence-electron chi connectivity index (χ0n) is 22.1. The van der Waals surface area contributed by atoms with E-state index in [1.165, 1.54) is 16.7 Å². The van der Waals surface area contributed by atoms with Crippen molar-refractivity contribution in [2.24, 2.45) is 7.05 Å². The summed E-state index contributed by atoms with van der Waals surface area (Å²) in [5, 5.41) is 8.25. The summed E-state index contributed by atoms with van der Waals surface area (Å²) in [6, 6.07) is 8.77. The van der Waals surface area contributed by atoms with Crippen LogP contribution in [0.3, 0.4) is 0 Å². The maximum atomic E-state index is 14.2. The molecule has 4 aromatic rings. The van der Waals surface area contributed by atoms with Crippen LogP contribution < -0.4 is 20.7 Å². The lowest BCUT2D eigenvalue weighted by Gasteiger charge is -2.14. The van der Waals surface area contributed by atoms with Gasteiger partial charge in [-0.2, -0.15) is 0 Å². The van der Waals surface area contributed by atoms with Gasteiger partial charge < -0.3 is 25.3 Å². The fourth-order valence-electron chi connectivity index (χ4n) is 3.86. The number of anilines is 3. The topological polar surface area (TPSA) is 97.3 Å². The van der Waals surface area contributed by atoms with E-state index in [2.05, 4.69) is 27.5 Å². The lowest BCUT2D eigenvalue weighted by Crippen LogP contribution is -2.23. The van der Waals surface area contributed by atoms with Gasteiger partial charge in [0.15, 0.2) is 0 Å². The summed E-state index contributed by atoms with van der Waals surface area (Å²) in [6.45, 7) is 4.20. The van der Waals surface area contributed by atoms with Crippen molar-refractivity contribution in [1.82, 2.24) is 14.9 Å². The molecule has 4 rings (SSSR count). The predicted octanol–water partition coefficient (Wildman–Crippen LogP) is 6.99. The third kappa shape index (κ3) is 6.60. The Morgan fingerprint density at radius 3 is 2.43 bits per heavy atom. The first-order chi connectivity index (χ1) is 19.9. The van der Waals surface area contributed by atoms with Crippen molar-refractivity contribution in [3.63, 3.8) is 0 Å². The number of hydrogen-bond donors (Lipinski definition) is 3. The summed E-state index contributed by atoms with van der Waals surface area (Å²) < 4.78 is 61.0. The Balaban J connectivity index is 1.72. The highest BCUT2D eigenvalue weighted by Crippen LogP contribution is 2.37. The number of nitrogens with zero attached hydrogens (tertiary/aromatic N) is 2. The van der Waals surface area contributed by atoms with Crippen molar-refractivity contribution >= 4 is 63.4 Å². The molecule has 1 aromatic heterocycles. The Labute approximate surface area is 247 Å². The number of amides is 2. The number of rotatable bonds is 10. The van der Waals surface area contributed by atoms with Gasteiger partial charge in [0.1, 0.15) is 29.7 Å². The number of aromatic nitrogens is 2. The maximum Gasteiger partial charge on any atom is 0.272 e. The van der Waals surface area contributed by atoms with Crippen molar-refractivity contribution in [3.05, 3.63) is 87.4 Å². The summed E-state index contributed by atoms with van der Waals surface area (Å²) in [6.07, 6.45) is -2.86. The van der Waals surface area contributed by atoms with E-state index >= 15 is 0 Å². The van der Waals surface area contributed by atoms with Gasteiger partial charge in [0.2, 0.25) is 11.9 Å². The van der Waals surface area contributed by atoms with Crippen LogP contribution in [-0.4, -0.2) is 34.4 Å². The Bertz CT molecular complexity index is 1690. The quantitative estimate of drug-likeness (QED) is 0.131. The van der Waals surface area contributed by atoms with E-state index in [-0.39, 0.29) is 51.0 Å². The Kier molecular flexibility index (Phi) is 9.27. The molecule has 0 saturated heterocycles. The van der Waals surface area contributed by atoms with Gasteiger partial charge >= 0.3 is 0 Å². The molecule has 0 saturated carbocycles. The van der Waals surface area contributed by atoms with Crippen molar-refractivity contribution in [2.75, 3.05) is 17.2 Å². The number of carbonyl (C=O) groups is 2. The zero-order chi connectivity index (χ0) is 30.7. The molecule has 0 radical (unpaired) electrons. The summed E-state index contributed by atoms with van der Waals surface area (Å²) in [5.74, 6) is -3.50. The molecular weight excluding hydrogens is 601 g/mol. The number of aryl methyl sites for hydroxylation is 1. The SMILES string of the molecule is C=C(C)C(=O)NCc1ccc(Cl)c(Nc2nc3cc(C(=O)Nc4c(F)cccc4F)c(OCC(F)F)cc3n2C)c1Cl. The van der Waals surface area contributed by atoms with E-state index in [1.54, 1.807) is 26.1 Å². The van der Waals surface area contributed by atoms with Crippen LogP contribution in [0.15, 0.2) is 54.6 Å². The zero-order valence-corrected chi connectivity index (χ0v) is 23.6. The number of fused-ring (bicyclic) bond motifs is 1. The van der Waals surface area contributed by atoms with Gasteiger partial charge in [-0.25, -0.2) is 22.5 Å². The lowest BCUT2D eigenvalue weighted by atomic mass is 10.1. The van der Waals surface area contributed by atoms with Gasteiger partial charge in [0.05, 0.1) is 32.3 Å². The molecule has 2 amide bonds. The maximum absolute atomic E-state index is 14.2. The van der Waals surface area contributed by atoms with Gasteiger partial charge in [0.25, 0.3) is 12.3 Å². The molecule has 3 aromatic carbocycles. The lowest BCUT2D eigenvalue weighted by molar-refractivity contribution is -0.117. The van der Waals surface area contributed by atoms with E-state index in [4.69, 9.17) is 27.9 Å². The van der Waals surface area contributed by atoms with E-state index in [0.717, 1.165) is 18.2 Å². The van der Waals surface area contributed by atoms with Crippen LogP contribution in [-0.2, 0) is 18.4 Å². The second kappa shape index (κ2) is 12.7. The first-order valence-corrected chi connectivity index (χ1v) is 13.0. The number of benzene rings is 3. The van der Waals surface area contributed by atoms with Crippen LogP contribution >= 0.6 is 23.2 Å². The van der Waals surface area contributed by atoms with Crippen LogP contribution in [0.4, 0.5) is 34.9 Å². The normalized spacial score (nSPS) is 11.1. The molecule has 0 aliphatic heterocycles. The number of para-hydroxylation sites is 1. The van der Waals surface area contributed by atoms with Crippen molar-refractivity contribution in [3.8, 4) is 5.75 Å². The van der Waals surface area contributed by atoms with E-state index < -0.39 is 36.3 Å². The van der Waals surface area contributed by atoms with Crippen LogP contribution in [0, 0.1) is 11.6 Å². The molecule has 0 aliphatic rings. The van der Waals surface area contributed by atoms with Crippen LogP contribution in [0.5, 0.6) is 5.75 Å². The first kappa shape index (κ1) is 30.7. The molecule has 0 fully saturated rings. The summed E-state index contributed by atoms with van der Waals surface area (Å²) in [7, 11) is 1.60. The fourth-order valence-corrected chi connectivity index (χ4v) is 4.40. The summed E-state index contributed by atoms with van der Waals surface area (Å²) in [4.78, 5) is 29.4. The standard InChI is InChI=1S/C28H23Cl2F4N5O3/c1-13(2)26(40)35-11-14-7-8-16(29)24(23(14)30)38-28-36-19-9-15(21(42-12-22(33)34)10-20(19)39(28)3)27(41)37-25-17(31)5-4-6-18(25)32/h4-10,22H,1,11-12H2,2-3H3,(H,35,40)(H,36,38)(H,37,41). The average Bonchev–Trinajstić information content (AvgIpc) is 3.24. The minimum atomic E-state index is -2.86. The van der Waals surface area contributed by atoms with E-state index in [1.807, 2.05) is 0 Å². The van der Waals surface area contributed by atoms with Crippen LogP contribution in [0.2, 0.25) is 10.0 Å². The second-order valence-electron chi connectivity index (χ2n) is 9.07. The molecule has 42 heavy (non-hydrogen) atoms. The minimum Gasteiger partial charge on any atom is -0.487 e. The third-order valence-electron chi connectivity index (χ3n) is 6.03. The number of hydrogen-bond acceptors (Lipinski definition) is 5. The predicted molar refractivity (Wildman–Crippen MR) is 153 cm³/mol. The first-order valence-electron chi connectivity index (χ1n) is 12.2. The molecule has 1 heterocycles. The number of ether oxygens (including phenoxy) is 1. The largest absolute Gasteiger partial charge is 0.487 e.